The number of carbonyl (C=O) groups excluding carboxylic acids is 1. The van der Waals surface area contributed by atoms with Crippen molar-refractivity contribution in [1.29, 1.82) is 0 Å². The predicted octanol–water partition coefficient (Wildman–Crippen LogP) is 2.47. The van der Waals surface area contributed by atoms with Crippen LogP contribution in [0.3, 0.4) is 0 Å². The summed E-state index contributed by atoms with van der Waals surface area (Å²) in [6, 6.07) is 8.71. The molecule has 1 N–H and O–H groups in total. The van der Waals surface area contributed by atoms with Crippen molar-refractivity contribution >= 4 is 22.3 Å². The maximum absolute atomic E-state index is 13.1. The summed E-state index contributed by atoms with van der Waals surface area (Å²) in [4.78, 5) is 23.9. The van der Waals surface area contributed by atoms with Gasteiger partial charge in [-0.2, -0.15) is 17.0 Å². The van der Waals surface area contributed by atoms with E-state index < -0.39 is 33.8 Å². The molecule has 0 bridgehead atoms. The molecule has 0 aromatic heterocycles. The average Bonchev–Trinajstić information content (AvgIpc) is 2.59. The van der Waals surface area contributed by atoms with Crippen molar-refractivity contribution in [3.8, 4) is 0 Å². The summed E-state index contributed by atoms with van der Waals surface area (Å²) in [6.45, 7) is 4.77. The number of carboxylic acid groups (broad SMARTS) is 1. The number of hydrogen-bond donors (Lipinski definition) is 1. The molecule has 1 aromatic carbocycles. The highest BCUT2D eigenvalue weighted by molar-refractivity contribution is 7.87. The highest BCUT2D eigenvalue weighted by Gasteiger charge is 2.39. The molecular formula is C18H26N2O6S. The molecule has 9 heteroatoms. The van der Waals surface area contributed by atoms with Gasteiger partial charge in [0.1, 0.15) is 5.60 Å². The van der Waals surface area contributed by atoms with Gasteiger partial charge in [-0.1, -0.05) is 30.3 Å². The van der Waals surface area contributed by atoms with Crippen molar-refractivity contribution in [2.75, 3.05) is 13.1 Å². The van der Waals surface area contributed by atoms with Crippen molar-refractivity contribution in [1.82, 2.24) is 8.61 Å². The van der Waals surface area contributed by atoms with Crippen LogP contribution < -0.4 is 0 Å². The molecule has 1 aliphatic rings. The van der Waals surface area contributed by atoms with Gasteiger partial charge in [0.25, 0.3) is 0 Å². The van der Waals surface area contributed by atoms with Crippen molar-refractivity contribution in [3.63, 3.8) is 0 Å². The van der Waals surface area contributed by atoms with Gasteiger partial charge in [-0.15, -0.1) is 0 Å². The fourth-order valence-corrected chi connectivity index (χ4v) is 4.34. The maximum atomic E-state index is 13.1. The minimum Gasteiger partial charge on any atom is -0.481 e. The van der Waals surface area contributed by atoms with Crippen LogP contribution in [0.1, 0.15) is 39.2 Å². The van der Waals surface area contributed by atoms with Gasteiger partial charge in [0.2, 0.25) is 0 Å². The molecule has 1 atom stereocenters. The number of carboxylic acids is 1. The van der Waals surface area contributed by atoms with Crippen LogP contribution in [0.15, 0.2) is 30.3 Å². The van der Waals surface area contributed by atoms with Crippen LogP contribution in [0.5, 0.6) is 0 Å². The lowest BCUT2D eigenvalue weighted by molar-refractivity contribution is -0.142. The summed E-state index contributed by atoms with van der Waals surface area (Å²) in [6.07, 6.45) is -0.153. The number of nitrogens with zero attached hydrogens (tertiary/aromatic N) is 2. The number of rotatable bonds is 5. The van der Waals surface area contributed by atoms with E-state index in [9.17, 15) is 23.1 Å². The van der Waals surface area contributed by atoms with E-state index in [4.69, 9.17) is 4.74 Å². The first-order valence-corrected chi connectivity index (χ1v) is 10.2. The summed E-state index contributed by atoms with van der Waals surface area (Å²) < 4.78 is 33.3. The maximum Gasteiger partial charge on any atom is 0.425 e. The molecule has 1 unspecified atom stereocenters. The van der Waals surface area contributed by atoms with Crippen LogP contribution in [-0.2, 0) is 26.3 Å². The van der Waals surface area contributed by atoms with Gasteiger partial charge < -0.3 is 9.84 Å². The summed E-state index contributed by atoms with van der Waals surface area (Å²) in [7, 11) is -4.23. The number of aliphatic carboxylic acids is 1. The largest absolute Gasteiger partial charge is 0.481 e. The van der Waals surface area contributed by atoms with Crippen LogP contribution >= 0.6 is 0 Å². The normalized spacial score (nSPS) is 18.7. The van der Waals surface area contributed by atoms with E-state index in [2.05, 4.69) is 0 Å². The second-order valence-electron chi connectivity index (χ2n) is 7.52. The van der Waals surface area contributed by atoms with E-state index in [0.717, 1.165) is 4.31 Å². The molecule has 0 saturated carbocycles. The monoisotopic (exact) mass is 398 g/mol. The van der Waals surface area contributed by atoms with Gasteiger partial charge in [-0.3, -0.25) is 4.79 Å². The zero-order valence-corrected chi connectivity index (χ0v) is 16.6. The standard InChI is InChI=1S/C18H26N2O6S/c1-18(2,3)26-17(23)20(12-14-8-5-4-6-9-14)27(24,25)19-11-7-10-15(13-19)16(21)22/h4-6,8-9,15H,7,10-13H2,1-3H3,(H,21,22). The molecule has 1 saturated heterocycles. The zero-order valence-electron chi connectivity index (χ0n) is 15.8. The third kappa shape index (κ3) is 5.67. The Labute approximate surface area is 159 Å². The number of hydrogen-bond acceptors (Lipinski definition) is 5. The first-order valence-electron chi connectivity index (χ1n) is 8.78. The van der Waals surface area contributed by atoms with Gasteiger partial charge in [-0.25, -0.2) is 4.79 Å². The Bertz CT molecular complexity index is 773. The molecule has 1 amide bonds. The first kappa shape index (κ1) is 21.2. The van der Waals surface area contributed by atoms with Crippen molar-refractivity contribution < 1.29 is 27.9 Å². The average molecular weight is 398 g/mol. The number of piperidine rings is 1. The Morgan fingerprint density at radius 2 is 1.89 bits per heavy atom. The number of carbonyl (C=O) groups is 2. The molecule has 0 spiro atoms. The second kappa shape index (κ2) is 8.26. The second-order valence-corrected chi connectivity index (χ2v) is 9.37. The summed E-state index contributed by atoms with van der Waals surface area (Å²) in [5.41, 5.74) is -0.244. The van der Waals surface area contributed by atoms with E-state index in [1.807, 2.05) is 0 Å². The van der Waals surface area contributed by atoms with Crippen LogP contribution in [0.2, 0.25) is 0 Å². The van der Waals surface area contributed by atoms with Gasteiger partial charge in [0.05, 0.1) is 12.5 Å². The Kier molecular flexibility index (Phi) is 6.48. The summed E-state index contributed by atoms with van der Waals surface area (Å²) >= 11 is 0. The van der Waals surface area contributed by atoms with E-state index in [-0.39, 0.29) is 19.6 Å². The van der Waals surface area contributed by atoms with Crippen LogP contribution in [0.25, 0.3) is 0 Å². The lowest BCUT2D eigenvalue weighted by atomic mass is 10.0. The molecule has 0 radical (unpaired) electrons. The smallest absolute Gasteiger partial charge is 0.425 e. The lowest BCUT2D eigenvalue weighted by Crippen LogP contribution is -2.51. The van der Waals surface area contributed by atoms with Gasteiger partial charge >= 0.3 is 22.3 Å². The topological polar surface area (TPSA) is 104 Å². The molecule has 1 aliphatic heterocycles. The molecular weight excluding hydrogens is 372 g/mol. The molecule has 150 valence electrons. The number of benzene rings is 1. The lowest BCUT2D eigenvalue weighted by Gasteiger charge is -2.35. The third-order valence-electron chi connectivity index (χ3n) is 4.10. The molecule has 1 heterocycles. The highest BCUT2D eigenvalue weighted by atomic mass is 32.2. The molecule has 8 nitrogen and oxygen atoms in total. The van der Waals surface area contributed by atoms with E-state index >= 15 is 0 Å². The fraction of sp³-hybridized carbons (Fsp3) is 0.556. The van der Waals surface area contributed by atoms with Gasteiger partial charge in [-0.05, 0) is 39.2 Å². The van der Waals surface area contributed by atoms with Crippen molar-refractivity contribution in [3.05, 3.63) is 35.9 Å². The van der Waals surface area contributed by atoms with Gasteiger partial charge in [0, 0.05) is 13.1 Å². The zero-order chi connectivity index (χ0) is 20.2. The van der Waals surface area contributed by atoms with Crippen LogP contribution in [-0.4, -0.2) is 52.9 Å². The Hall–Kier alpha value is -2.13. The van der Waals surface area contributed by atoms with E-state index in [1.54, 1.807) is 51.1 Å². The first-order chi connectivity index (χ1) is 12.5. The van der Waals surface area contributed by atoms with Crippen LogP contribution in [0.4, 0.5) is 4.79 Å². The van der Waals surface area contributed by atoms with Crippen molar-refractivity contribution in [2.24, 2.45) is 5.92 Å². The van der Waals surface area contributed by atoms with E-state index in [0.29, 0.717) is 22.7 Å². The Balaban J connectivity index is 2.32. The molecule has 27 heavy (non-hydrogen) atoms. The minimum atomic E-state index is -4.23. The Morgan fingerprint density at radius 1 is 1.26 bits per heavy atom. The number of amides is 1. The molecule has 2 rings (SSSR count). The predicted molar refractivity (Wildman–Crippen MR) is 99.1 cm³/mol. The fourth-order valence-electron chi connectivity index (χ4n) is 2.80. The van der Waals surface area contributed by atoms with Crippen molar-refractivity contribution in [2.45, 2.75) is 45.8 Å². The number of ether oxygens (including phenoxy) is 1. The third-order valence-corrected chi connectivity index (χ3v) is 5.92. The minimum absolute atomic E-state index is 0.161. The quantitative estimate of drug-likeness (QED) is 0.817. The summed E-state index contributed by atoms with van der Waals surface area (Å²) in [5, 5.41) is 9.23. The Morgan fingerprint density at radius 3 is 2.44 bits per heavy atom. The van der Waals surface area contributed by atoms with Crippen LogP contribution in [0, 0.1) is 5.92 Å². The SMILES string of the molecule is CC(C)(C)OC(=O)N(Cc1ccccc1)S(=O)(=O)N1CCCC(C(=O)O)C1. The molecule has 1 aromatic rings. The molecule has 1 fully saturated rings. The van der Waals surface area contributed by atoms with E-state index in [1.165, 1.54) is 0 Å². The summed E-state index contributed by atoms with van der Waals surface area (Å²) in [5.74, 6) is -1.83. The molecule has 0 aliphatic carbocycles. The van der Waals surface area contributed by atoms with Gasteiger partial charge in [0.15, 0.2) is 0 Å². The highest BCUT2D eigenvalue weighted by Crippen LogP contribution is 2.24.